The third-order valence-electron chi connectivity index (χ3n) is 5.23. The molecule has 0 N–H and O–H groups in total. The molecule has 29 heavy (non-hydrogen) atoms. The highest BCUT2D eigenvalue weighted by atomic mass is 16.6. The van der Waals surface area contributed by atoms with Gasteiger partial charge in [-0.25, -0.2) is 4.79 Å². The molecule has 0 aliphatic carbocycles. The molecule has 2 rings (SSSR count). The topological polar surface area (TPSA) is 55.8 Å². The molecule has 0 spiro atoms. The van der Waals surface area contributed by atoms with Crippen LogP contribution in [0.5, 0.6) is 5.75 Å². The number of hydrogen-bond donors (Lipinski definition) is 0. The summed E-state index contributed by atoms with van der Waals surface area (Å²) in [7, 11) is 0. The number of carbonyl (C=O) groups excluding carboxylic acids is 2. The molecule has 1 aromatic carbocycles. The summed E-state index contributed by atoms with van der Waals surface area (Å²) in [6.07, 6.45) is 6.53. The molecule has 1 aromatic rings. The van der Waals surface area contributed by atoms with Crippen LogP contribution >= 0.6 is 0 Å². The van der Waals surface area contributed by atoms with Crippen molar-refractivity contribution in [2.24, 2.45) is 5.92 Å². The first kappa shape index (κ1) is 23.2. The summed E-state index contributed by atoms with van der Waals surface area (Å²) in [5.41, 5.74) is 0.328. The largest absolute Gasteiger partial charge is 0.494 e. The van der Waals surface area contributed by atoms with E-state index in [0.717, 1.165) is 62.9 Å². The zero-order valence-corrected chi connectivity index (χ0v) is 18.5. The Labute approximate surface area is 175 Å². The highest BCUT2D eigenvalue weighted by Gasteiger charge is 2.26. The minimum atomic E-state index is -0.438. The number of piperidine rings is 1. The molecule has 1 heterocycles. The van der Waals surface area contributed by atoms with Gasteiger partial charge in [0.1, 0.15) is 11.4 Å². The summed E-state index contributed by atoms with van der Waals surface area (Å²) < 4.78 is 11.3. The lowest BCUT2D eigenvalue weighted by atomic mass is 9.92. The summed E-state index contributed by atoms with van der Waals surface area (Å²) >= 11 is 0. The van der Waals surface area contributed by atoms with Crippen molar-refractivity contribution in [1.29, 1.82) is 0 Å². The van der Waals surface area contributed by atoms with Gasteiger partial charge in [0.05, 0.1) is 6.61 Å². The maximum atomic E-state index is 12.1. The molecule has 0 radical (unpaired) electrons. The van der Waals surface area contributed by atoms with Crippen molar-refractivity contribution in [2.75, 3.05) is 19.7 Å². The van der Waals surface area contributed by atoms with Crippen LogP contribution in [0, 0.1) is 5.92 Å². The number of amides is 1. The first-order valence-electron chi connectivity index (χ1n) is 11.0. The fourth-order valence-corrected chi connectivity index (χ4v) is 3.51. The number of carbonyl (C=O) groups is 2. The van der Waals surface area contributed by atoms with Crippen molar-refractivity contribution >= 4 is 11.9 Å². The molecule has 162 valence electrons. The lowest BCUT2D eigenvalue weighted by molar-refractivity contribution is 0.0179. The van der Waals surface area contributed by atoms with Crippen molar-refractivity contribution in [3.8, 4) is 5.75 Å². The Hall–Kier alpha value is -2.04. The van der Waals surface area contributed by atoms with Gasteiger partial charge in [-0.1, -0.05) is 13.3 Å². The van der Waals surface area contributed by atoms with Crippen LogP contribution in [-0.4, -0.2) is 42.1 Å². The fraction of sp³-hybridized carbons (Fsp3) is 0.667. The van der Waals surface area contributed by atoms with Gasteiger partial charge in [-0.15, -0.1) is 0 Å². The molecular formula is C24H37NO4. The van der Waals surface area contributed by atoms with Crippen LogP contribution in [0.4, 0.5) is 4.79 Å². The van der Waals surface area contributed by atoms with Gasteiger partial charge < -0.3 is 14.4 Å². The normalized spacial score (nSPS) is 15.2. The molecule has 1 fully saturated rings. The summed E-state index contributed by atoms with van der Waals surface area (Å²) in [6.45, 7) is 10.0. The minimum absolute atomic E-state index is 0.198. The quantitative estimate of drug-likeness (QED) is 0.382. The molecular weight excluding hydrogens is 366 g/mol. The number of ketones is 1. The third-order valence-corrected chi connectivity index (χ3v) is 5.23. The van der Waals surface area contributed by atoms with Crippen molar-refractivity contribution in [1.82, 2.24) is 4.90 Å². The van der Waals surface area contributed by atoms with E-state index in [1.165, 1.54) is 0 Å². The average Bonchev–Trinajstić information content (AvgIpc) is 2.69. The molecule has 1 aliphatic heterocycles. The number of likely N-dealkylation sites (tertiary alicyclic amines) is 1. The van der Waals surface area contributed by atoms with E-state index in [1.54, 1.807) is 0 Å². The Kier molecular flexibility index (Phi) is 8.99. The van der Waals surface area contributed by atoms with E-state index in [1.807, 2.05) is 49.9 Å². The molecule has 0 saturated carbocycles. The Balaban J connectivity index is 1.62. The molecule has 1 saturated heterocycles. The number of benzene rings is 1. The van der Waals surface area contributed by atoms with E-state index in [9.17, 15) is 9.59 Å². The number of hydrogen-bond acceptors (Lipinski definition) is 4. The van der Waals surface area contributed by atoms with Gasteiger partial charge in [0.15, 0.2) is 5.78 Å². The van der Waals surface area contributed by atoms with E-state index in [4.69, 9.17) is 9.47 Å². The zero-order chi connectivity index (χ0) is 21.3. The fourth-order valence-electron chi connectivity index (χ4n) is 3.51. The Morgan fingerprint density at radius 2 is 1.72 bits per heavy atom. The second-order valence-electron chi connectivity index (χ2n) is 8.95. The third kappa shape index (κ3) is 8.46. The lowest BCUT2D eigenvalue weighted by Crippen LogP contribution is -2.41. The van der Waals surface area contributed by atoms with Crippen LogP contribution in [0.3, 0.4) is 0 Å². The van der Waals surface area contributed by atoms with Gasteiger partial charge in [-0.2, -0.15) is 0 Å². The summed E-state index contributed by atoms with van der Waals surface area (Å²) in [4.78, 5) is 25.9. The molecule has 1 amide bonds. The number of unbranched alkanes of at least 4 members (excludes halogenated alkanes) is 1. The van der Waals surface area contributed by atoms with Crippen LogP contribution in [-0.2, 0) is 4.74 Å². The van der Waals surface area contributed by atoms with Crippen molar-refractivity contribution in [2.45, 2.75) is 78.2 Å². The molecule has 0 atom stereocenters. The Bertz CT molecular complexity index is 640. The SMILES string of the molecule is CCCCC(=O)c1ccc(OCCCC2CCN(C(=O)OC(C)(C)C)CC2)cc1. The molecule has 0 bridgehead atoms. The average molecular weight is 404 g/mol. The second-order valence-corrected chi connectivity index (χ2v) is 8.95. The van der Waals surface area contributed by atoms with Gasteiger partial charge in [0, 0.05) is 25.1 Å². The molecule has 5 nitrogen and oxygen atoms in total. The number of nitrogens with zero attached hydrogens (tertiary/aromatic N) is 1. The van der Waals surface area contributed by atoms with Crippen LogP contribution in [0.1, 0.15) is 83.0 Å². The molecule has 0 aromatic heterocycles. The maximum absolute atomic E-state index is 12.1. The highest BCUT2D eigenvalue weighted by Crippen LogP contribution is 2.24. The van der Waals surface area contributed by atoms with Crippen molar-refractivity contribution in [3.63, 3.8) is 0 Å². The first-order chi connectivity index (χ1) is 13.8. The lowest BCUT2D eigenvalue weighted by Gasteiger charge is -2.33. The van der Waals surface area contributed by atoms with Crippen LogP contribution in [0.15, 0.2) is 24.3 Å². The van der Waals surface area contributed by atoms with Crippen molar-refractivity contribution < 1.29 is 19.1 Å². The Morgan fingerprint density at radius 3 is 2.31 bits per heavy atom. The second kappa shape index (κ2) is 11.2. The summed E-state index contributed by atoms with van der Waals surface area (Å²) in [5.74, 6) is 1.66. The van der Waals surface area contributed by atoms with Gasteiger partial charge in [0.25, 0.3) is 0 Å². The molecule has 5 heteroatoms. The predicted molar refractivity (Wildman–Crippen MR) is 116 cm³/mol. The number of rotatable bonds is 9. The van der Waals surface area contributed by atoms with Crippen LogP contribution in [0.2, 0.25) is 0 Å². The standard InChI is InChI=1S/C24H37NO4/c1-5-6-9-22(26)20-10-12-21(13-11-20)28-18-7-8-19-14-16-25(17-15-19)23(27)29-24(2,3)4/h10-13,19H,5-9,14-18H2,1-4H3. The van der Waals surface area contributed by atoms with Gasteiger partial charge in [-0.05, 0) is 83.1 Å². The van der Waals surface area contributed by atoms with Gasteiger partial charge >= 0.3 is 6.09 Å². The van der Waals surface area contributed by atoms with Crippen molar-refractivity contribution in [3.05, 3.63) is 29.8 Å². The summed E-state index contributed by atoms with van der Waals surface area (Å²) in [6, 6.07) is 7.50. The van der Waals surface area contributed by atoms with Crippen LogP contribution < -0.4 is 4.74 Å². The predicted octanol–water partition coefficient (Wildman–Crippen LogP) is 5.87. The monoisotopic (exact) mass is 403 g/mol. The minimum Gasteiger partial charge on any atom is -0.494 e. The van der Waals surface area contributed by atoms with E-state index >= 15 is 0 Å². The maximum Gasteiger partial charge on any atom is 0.410 e. The number of ether oxygens (including phenoxy) is 2. The Morgan fingerprint density at radius 1 is 1.07 bits per heavy atom. The molecule has 0 unspecified atom stereocenters. The van der Waals surface area contributed by atoms with E-state index in [0.29, 0.717) is 18.9 Å². The first-order valence-corrected chi connectivity index (χ1v) is 11.0. The summed E-state index contributed by atoms with van der Waals surface area (Å²) in [5, 5.41) is 0. The smallest absolute Gasteiger partial charge is 0.410 e. The number of Topliss-reactive ketones (excluding diaryl/α,β-unsaturated/α-hetero) is 1. The van der Waals surface area contributed by atoms with Gasteiger partial charge in [0.2, 0.25) is 0 Å². The molecule has 1 aliphatic rings. The van der Waals surface area contributed by atoms with E-state index < -0.39 is 5.60 Å². The zero-order valence-electron chi connectivity index (χ0n) is 18.5. The van der Waals surface area contributed by atoms with E-state index in [-0.39, 0.29) is 11.9 Å². The van der Waals surface area contributed by atoms with Gasteiger partial charge in [-0.3, -0.25) is 4.79 Å². The van der Waals surface area contributed by atoms with E-state index in [2.05, 4.69) is 6.92 Å². The van der Waals surface area contributed by atoms with Crippen LogP contribution in [0.25, 0.3) is 0 Å². The highest BCUT2D eigenvalue weighted by molar-refractivity contribution is 5.96.